The highest BCUT2D eigenvalue weighted by Gasteiger charge is 2.06. The number of carbonyl (C=O) groups excluding carboxylic acids is 1. The molecule has 6 heteroatoms. The lowest BCUT2D eigenvalue weighted by molar-refractivity contribution is -0.115. The summed E-state index contributed by atoms with van der Waals surface area (Å²) in [5.74, 6) is 0.482. The average molecular weight is 299 g/mol. The van der Waals surface area contributed by atoms with Crippen molar-refractivity contribution < 1.29 is 4.79 Å². The fraction of sp³-hybridized carbons (Fsp3) is 0.375. The van der Waals surface area contributed by atoms with Gasteiger partial charge in [0.05, 0.1) is 11.4 Å². The second-order valence-corrected chi connectivity index (χ2v) is 4.84. The van der Waals surface area contributed by atoms with E-state index in [1.54, 1.807) is 0 Å². The minimum atomic E-state index is -0.00372. The number of hydrogen-bond donors (Lipinski definition) is 2. The molecule has 22 heavy (non-hydrogen) atoms. The highest BCUT2D eigenvalue weighted by atomic mass is 16.1. The van der Waals surface area contributed by atoms with E-state index in [1.807, 2.05) is 38.1 Å². The van der Waals surface area contributed by atoms with Gasteiger partial charge in [-0.3, -0.25) is 4.79 Å². The van der Waals surface area contributed by atoms with E-state index in [1.165, 1.54) is 0 Å². The normalized spacial score (nSPS) is 10.3. The summed E-state index contributed by atoms with van der Waals surface area (Å²) in [6.45, 7) is 5.92. The van der Waals surface area contributed by atoms with E-state index in [0.717, 1.165) is 35.6 Å². The largest absolute Gasteiger partial charge is 0.326 e. The van der Waals surface area contributed by atoms with Crippen molar-refractivity contribution in [3.05, 3.63) is 35.7 Å². The number of rotatable bonds is 6. The molecule has 0 saturated heterocycles. The van der Waals surface area contributed by atoms with E-state index in [-0.39, 0.29) is 5.91 Å². The molecule has 1 amide bonds. The summed E-state index contributed by atoms with van der Waals surface area (Å²) in [5.41, 5.74) is 3.52. The average Bonchev–Trinajstić information content (AvgIpc) is 2.56. The molecule has 0 bridgehead atoms. The van der Waals surface area contributed by atoms with Gasteiger partial charge in [0.25, 0.3) is 0 Å². The Hall–Kier alpha value is -2.50. The van der Waals surface area contributed by atoms with Gasteiger partial charge in [-0.25, -0.2) is 4.98 Å². The van der Waals surface area contributed by atoms with Crippen LogP contribution in [-0.2, 0) is 17.6 Å². The second kappa shape index (κ2) is 7.49. The summed E-state index contributed by atoms with van der Waals surface area (Å²) in [7, 11) is 0. The number of aryl methyl sites for hydroxylation is 2. The fourth-order valence-corrected chi connectivity index (χ4v) is 2.01. The van der Waals surface area contributed by atoms with Crippen LogP contribution in [0.4, 0.5) is 17.3 Å². The first-order chi connectivity index (χ1) is 10.7. The summed E-state index contributed by atoms with van der Waals surface area (Å²) >= 11 is 0. The molecule has 0 unspecified atom stereocenters. The first-order valence-corrected chi connectivity index (χ1v) is 7.55. The Bertz CT molecular complexity index is 639. The lowest BCUT2D eigenvalue weighted by atomic mass is 10.2. The number of nitrogens with one attached hydrogen (secondary N) is 2. The quantitative estimate of drug-likeness (QED) is 0.856. The van der Waals surface area contributed by atoms with Gasteiger partial charge in [0.1, 0.15) is 0 Å². The second-order valence-electron chi connectivity index (χ2n) is 4.84. The third-order valence-electron chi connectivity index (χ3n) is 3.26. The summed E-state index contributed by atoms with van der Waals surface area (Å²) < 4.78 is 0. The maximum absolute atomic E-state index is 11.3. The van der Waals surface area contributed by atoms with Crippen LogP contribution in [0.5, 0.6) is 0 Å². The molecule has 0 saturated carbocycles. The van der Waals surface area contributed by atoms with Gasteiger partial charge in [-0.2, -0.15) is 0 Å². The van der Waals surface area contributed by atoms with Crippen LogP contribution in [0.15, 0.2) is 24.3 Å². The lowest BCUT2D eigenvalue weighted by Crippen LogP contribution is -2.09. The Morgan fingerprint density at radius 1 is 0.955 bits per heavy atom. The predicted molar refractivity (Wildman–Crippen MR) is 87.2 cm³/mol. The molecule has 0 aliphatic heterocycles. The first-order valence-electron chi connectivity index (χ1n) is 7.55. The molecule has 0 aliphatic carbocycles. The van der Waals surface area contributed by atoms with Crippen molar-refractivity contribution in [1.29, 1.82) is 0 Å². The first kappa shape index (κ1) is 15.9. The maximum atomic E-state index is 11.3. The number of amides is 1. The monoisotopic (exact) mass is 299 g/mol. The van der Waals surface area contributed by atoms with E-state index in [0.29, 0.717) is 12.4 Å². The third kappa shape index (κ3) is 4.00. The van der Waals surface area contributed by atoms with E-state index < -0.39 is 0 Å². The molecule has 2 N–H and O–H groups in total. The van der Waals surface area contributed by atoms with Crippen LogP contribution in [0.25, 0.3) is 0 Å². The lowest BCUT2D eigenvalue weighted by Gasteiger charge is -2.09. The van der Waals surface area contributed by atoms with Gasteiger partial charge in [0.2, 0.25) is 11.9 Å². The van der Waals surface area contributed by atoms with Crippen LogP contribution in [0.3, 0.4) is 0 Å². The molecular weight excluding hydrogens is 278 g/mol. The number of hydrogen-bond acceptors (Lipinski definition) is 5. The molecule has 1 aromatic heterocycles. The van der Waals surface area contributed by atoms with Crippen molar-refractivity contribution in [2.24, 2.45) is 0 Å². The maximum Gasteiger partial charge on any atom is 0.247 e. The molecule has 116 valence electrons. The Balaban J connectivity index is 2.09. The van der Waals surface area contributed by atoms with Gasteiger partial charge in [0, 0.05) is 17.8 Å². The van der Waals surface area contributed by atoms with Crippen molar-refractivity contribution in [2.75, 3.05) is 10.6 Å². The minimum Gasteiger partial charge on any atom is -0.326 e. The highest BCUT2D eigenvalue weighted by Crippen LogP contribution is 2.17. The number of carbonyl (C=O) groups is 1. The molecule has 1 heterocycles. The van der Waals surface area contributed by atoms with E-state index in [4.69, 9.17) is 0 Å². The van der Waals surface area contributed by atoms with Crippen LogP contribution < -0.4 is 10.6 Å². The zero-order valence-corrected chi connectivity index (χ0v) is 13.2. The SMILES string of the molecule is CCC(=O)Nc1ccc(Nc2nnc(CC)c(CC)n2)cc1. The zero-order chi connectivity index (χ0) is 15.9. The number of benzene rings is 1. The molecule has 0 radical (unpaired) electrons. The van der Waals surface area contributed by atoms with Gasteiger partial charge < -0.3 is 10.6 Å². The van der Waals surface area contributed by atoms with E-state index in [9.17, 15) is 4.79 Å². The van der Waals surface area contributed by atoms with Crippen LogP contribution in [-0.4, -0.2) is 21.1 Å². The molecule has 6 nitrogen and oxygen atoms in total. The van der Waals surface area contributed by atoms with Gasteiger partial charge in [-0.05, 0) is 37.1 Å². The van der Waals surface area contributed by atoms with E-state index >= 15 is 0 Å². The molecule has 0 spiro atoms. The highest BCUT2D eigenvalue weighted by molar-refractivity contribution is 5.90. The fourth-order valence-electron chi connectivity index (χ4n) is 2.01. The topological polar surface area (TPSA) is 79.8 Å². The van der Waals surface area contributed by atoms with Crippen molar-refractivity contribution in [3.8, 4) is 0 Å². The van der Waals surface area contributed by atoms with Crippen LogP contribution in [0.1, 0.15) is 38.6 Å². The van der Waals surface area contributed by atoms with Gasteiger partial charge in [-0.1, -0.05) is 20.8 Å². The van der Waals surface area contributed by atoms with Crippen molar-refractivity contribution in [2.45, 2.75) is 40.0 Å². The summed E-state index contributed by atoms with van der Waals surface area (Å²) in [4.78, 5) is 15.8. The summed E-state index contributed by atoms with van der Waals surface area (Å²) in [6, 6.07) is 7.41. The Labute approximate surface area is 130 Å². The molecular formula is C16H21N5O. The van der Waals surface area contributed by atoms with Crippen LogP contribution in [0, 0.1) is 0 Å². The minimum absolute atomic E-state index is 0.00372. The molecule has 1 aromatic carbocycles. The molecule has 2 aromatic rings. The standard InChI is InChI=1S/C16H21N5O/c1-4-13-14(5-2)20-21-16(19-13)18-12-9-7-11(8-10-12)17-15(22)6-3/h7-10H,4-6H2,1-3H3,(H,17,22)(H,18,19,21). The van der Waals surface area contributed by atoms with Crippen LogP contribution in [0.2, 0.25) is 0 Å². The van der Waals surface area contributed by atoms with Gasteiger partial charge in [0.15, 0.2) is 0 Å². The van der Waals surface area contributed by atoms with E-state index in [2.05, 4.69) is 32.7 Å². The number of nitrogens with zero attached hydrogens (tertiary/aromatic N) is 3. The summed E-state index contributed by atoms with van der Waals surface area (Å²) in [5, 5.41) is 14.2. The van der Waals surface area contributed by atoms with Gasteiger partial charge >= 0.3 is 0 Å². The predicted octanol–water partition coefficient (Wildman–Crippen LogP) is 3.09. The third-order valence-corrected chi connectivity index (χ3v) is 3.26. The van der Waals surface area contributed by atoms with Crippen molar-refractivity contribution in [1.82, 2.24) is 15.2 Å². The smallest absolute Gasteiger partial charge is 0.247 e. The molecule has 2 rings (SSSR count). The Morgan fingerprint density at radius 3 is 2.18 bits per heavy atom. The molecule has 0 aliphatic rings. The summed E-state index contributed by atoms with van der Waals surface area (Å²) in [6.07, 6.45) is 2.12. The van der Waals surface area contributed by atoms with Crippen LogP contribution >= 0.6 is 0 Å². The molecule has 0 atom stereocenters. The number of aromatic nitrogens is 3. The van der Waals surface area contributed by atoms with Crippen molar-refractivity contribution >= 4 is 23.2 Å². The molecule has 0 fully saturated rings. The number of anilines is 3. The van der Waals surface area contributed by atoms with Crippen molar-refractivity contribution in [3.63, 3.8) is 0 Å². The van der Waals surface area contributed by atoms with Gasteiger partial charge in [-0.15, -0.1) is 10.2 Å². The Morgan fingerprint density at radius 2 is 1.59 bits per heavy atom. The Kier molecular flexibility index (Phi) is 5.41. The zero-order valence-electron chi connectivity index (χ0n) is 13.2.